The van der Waals surface area contributed by atoms with E-state index in [0.717, 1.165) is 40.3 Å². The maximum absolute atomic E-state index is 13.1. The number of hydrogen-bond donors (Lipinski definition) is 1. The van der Waals surface area contributed by atoms with Crippen LogP contribution >= 0.6 is 0 Å². The molecule has 3 aromatic rings. The van der Waals surface area contributed by atoms with E-state index in [4.69, 9.17) is 9.47 Å². The van der Waals surface area contributed by atoms with Gasteiger partial charge >= 0.3 is 0 Å². The van der Waals surface area contributed by atoms with E-state index >= 15 is 0 Å². The van der Waals surface area contributed by atoms with Crippen LogP contribution in [0.3, 0.4) is 0 Å². The monoisotopic (exact) mass is 445 g/mol. The molecule has 0 aliphatic heterocycles. The zero-order valence-corrected chi connectivity index (χ0v) is 20.6. The molecule has 33 heavy (non-hydrogen) atoms. The zero-order chi connectivity index (χ0) is 24.0. The Hall–Kier alpha value is -3.27. The van der Waals surface area contributed by atoms with Crippen LogP contribution in [0.5, 0.6) is 11.5 Å². The van der Waals surface area contributed by atoms with Gasteiger partial charge in [-0.15, -0.1) is 0 Å². The van der Waals surface area contributed by atoms with Crippen LogP contribution in [-0.4, -0.2) is 12.5 Å². The van der Waals surface area contributed by atoms with Gasteiger partial charge in [-0.3, -0.25) is 4.79 Å². The third kappa shape index (κ3) is 6.16. The van der Waals surface area contributed by atoms with E-state index in [9.17, 15) is 4.79 Å². The van der Waals surface area contributed by atoms with Crippen LogP contribution in [0.2, 0.25) is 0 Å². The molecule has 0 bridgehead atoms. The summed E-state index contributed by atoms with van der Waals surface area (Å²) in [7, 11) is 0. The number of carbonyl (C=O) groups is 1. The summed E-state index contributed by atoms with van der Waals surface area (Å²) in [5.41, 5.74) is 5.82. The van der Waals surface area contributed by atoms with Crippen LogP contribution in [0.1, 0.15) is 67.2 Å². The van der Waals surface area contributed by atoms with Crippen LogP contribution in [0.4, 0.5) is 5.69 Å². The molecule has 0 spiro atoms. The molecular formula is C29H35NO3. The van der Waals surface area contributed by atoms with E-state index in [1.165, 1.54) is 5.56 Å². The number of para-hydroxylation sites is 1. The molecule has 0 fully saturated rings. The minimum Gasteiger partial charge on any atom is -0.493 e. The van der Waals surface area contributed by atoms with Crippen LogP contribution in [0.25, 0.3) is 0 Å². The third-order valence-corrected chi connectivity index (χ3v) is 5.72. The summed E-state index contributed by atoms with van der Waals surface area (Å²) >= 11 is 0. The molecule has 1 N–H and O–H groups in total. The van der Waals surface area contributed by atoms with Crippen LogP contribution in [0.15, 0.2) is 60.7 Å². The fraction of sp³-hybridized carbons (Fsp3) is 0.345. The number of carbonyl (C=O) groups excluding carboxylic acids is 1. The first-order chi connectivity index (χ1) is 15.7. The minimum atomic E-state index is -0.141. The van der Waals surface area contributed by atoms with E-state index in [1.54, 1.807) is 6.07 Å². The highest BCUT2D eigenvalue weighted by Gasteiger charge is 2.15. The molecule has 0 aliphatic rings. The highest BCUT2D eigenvalue weighted by Crippen LogP contribution is 2.27. The lowest BCUT2D eigenvalue weighted by Gasteiger charge is -2.19. The number of benzene rings is 3. The van der Waals surface area contributed by atoms with Crippen LogP contribution in [0, 0.1) is 6.92 Å². The summed E-state index contributed by atoms with van der Waals surface area (Å²) in [6.45, 7) is 13.5. The first-order valence-electron chi connectivity index (χ1n) is 11.6. The van der Waals surface area contributed by atoms with Crippen molar-refractivity contribution in [2.45, 2.75) is 60.0 Å². The van der Waals surface area contributed by atoms with Crippen molar-refractivity contribution in [2.24, 2.45) is 0 Å². The largest absolute Gasteiger partial charge is 0.493 e. The molecule has 0 atom stereocenters. The van der Waals surface area contributed by atoms with Crippen molar-refractivity contribution >= 4 is 11.6 Å². The second kappa shape index (κ2) is 10.6. The lowest BCUT2D eigenvalue weighted by Crippen LogP contribution is -2.15. The SMILES string of the molecule is CCOc1ccc(C(=O)Nc2c(C)cccc2CC)cc1COc1ccc(C(C)(C)C)cc1. The molecule has 3 rings (SSSR count). The number of rotatable bonds is 8. The van der Waals surface area contributed by atoms with E-state index in [1.807, 2.05) is 56.3 Å². The van der Waals surface area contributed by atoms with Gasteiger partial charge < -0.3 is 14.8 Å². The number of anilines is 1. The van der Waals surface area contributed by atoms with Crippen molar-refractivity contribution in [1.82, 2.24) is 0 Å². The Morgan fingerprint density at radius 2 is 1.64 bits per heavy atom. The van der Waals surface area contributed by atoms with Crippen molar-refractivity contribution < 1.29 is 14.3 Å². The Bertz CT molecular complexity index is 1090. The average Bonchev–Trinajstić information content (AvgIpc) is 2.79. The summed E-state index contributed by atoms with van der Waals surface area (Å²) in [4.78, 5) is 13.1. The maximum Gasteiger partial charge on any atom is 0.255 e. The van der Waals surface area contributed by atoms with Crippen LogP contribution < -0.4 is 14.8 Å². The van der Waals surface area contributed by atoms with Crippen molar-refractivity contribution in [1.29, 1.82) is 0 Å². The minimum absolute atomic E-state index is 0.0944. The lowest BCUT2D eigenvalue weighted by molar-refractivity contribution is 0.102. The fourth-order valence-electron chi connectivity index (χ4n) is 3.73. The molecule has 1 amide bonds. The number of hydrogen-bond acceptors (Lipinski definition) is 3. The Morgan fingerprint density at radius 1 is 0.909 bits per heavy atom. The highest BCUT2D eigenvalue weighted by atomic mass is 16.5. The van der Waals surface area contributed by atoms with E-state index in [2.05, 4.69) is 45.1 Å². The van der Waals surface area contributed by atoms with Gasteiger partial charge in [0.05, 0.1) is 6.61 Å². The Morgan fingerprint density at radius 3 is 2.27 bits per heavy atom. The number of amides is 1. The van der Waals surface area contributed by atoms with Gasteiger partial charge in [-0.25, -0.2) is 0 Å². The standard InChI is InChI=1S/C29H35NO3/c1-7-21-11-9-10-20(3)27(21)30-28(31)22-12-17-26(32-8-2)23(18-22)19-33-25-15-13-24(14-16-25)29(4,5)6/h9-18H,7-8,19H2,1-6H3,(H,30,31). The van der Waals surface area contributed by atoms with Crippen LogP contribution in [-0.2, 0) is 18.4 Å². The smallest absolute Gasteiger partial charge is 0.255 e. The van der Waals surface area contributed by atoms with Gasteiger partial charge in [0, 0.05) is 16.8 Å². The van der Waals surface area contributed by atoms with Gasteiger partial charge in [0.2, 0.25) is 0 Å². The Labute approximate surface area is 197 Å². The summed E-state index contributed by atoms with van der Waals surface area (Å²) < 4.78 is 11.8. The van der Waals surface area contributed by atoms with Gasteiger partial charge in [-0.1, -0.05) is 58.0 Å². The summed E-state index contributed by atoms with van der Waals surface area (Å²) in [6.07, 6.45) is 0.855. The highest BCUT2D eigenvalue weighted by molar-refractivity contribution is 6.05. The van der Waals surface area contributed by atoms with Gasteiger partial charge in [-0.2, -0.15) is 0 Å². The number of aryl methyl sites for hydroxylation is 2. The van der Waals surface area contributed by atoms with Crippen molar-refractivity contribution in [3.8, 4) is 11.5 Å². The molecule has 174 valence electrons. The molecule has 0 radical (unpaired) electrons. The molecule has 0 heterocycles. The van der Waals surface area contributed by atoms with Crippen molar-refractivity contribution in [2.75, 3.05) is 11.9 Å². The first kappa shape index (κ1) is 24.4. The molecular weight excluding hydrogens is 410 g/mol. The number of nitrogens with one attached hydrogen (secondary N) is 1. The normalized spacial score (nSPS) is 11.2. The predicted octanol–water partition coefficient (Wildman–Crippen LogP) is 7.08. The van der Waals surface area contributed by atoms with E-state index < -0.39 is 0 Å². The summed E-state index contributed by atoms with van der Waals surface area (Å²) in [5, 5.41) is 3.10. The van der Waals surface area contributed by atoms with Crippen molar-refractivity contribution in [3.05, 3.63) is 88.5 Å². The van der Waals surface area contributed by atoms with Gasteiger partial charge in [0.15, 0.2) is 0 Å². The molecule has 0 saturated carbocycles. The average molecular weight is 446 g/mol. The van der Waals surface area contributed by atoms with Crippen molar-refractivity contribution in [3.63, 3.8) is 0 Å². The second-order valence-electron chi connectivity index (χ2n) is 9.24. The first-order valence-corrected chi connectivity index (χ1v) is 11.6. The Balaban J connectivity index is 1.80. The molecule has 3 aromatic carbocycles. The zero-order valence-electron chi connectivity index (χ0n) is 20.6. The quantitative estimate of drug-likeness (QED) is 0.403. The molecule has 4 nitrogen and oxygen atoms in total. The Kier molecular flexibility index (Phi) is 7.80. The van der Waals surface area contributed by atoms with Gasteiger partial charge in [-0.05, 0) is 72.7 Å². The summed E-state index contributed by atoms with van der Waals surface area (Å²) in [5.74, 6) is 1.37. The van der Waals surface area contributed by atoms with E-state index in [0.29, 0.717) is 18.8 Å². The lowest BCUT2D eigenvalue weighted by atomic mass is 9.87. The third-order valence-electron chi connectivity index (χ3n) is 5.72. The fourth-order valence-corrected chi connectivity index (χ4v) is 3.73. The molecule has 4 heteroatoms. The number of ether oxygens (including phenoxy) is 2. The molecule has 0 saturated heterocycles. The molecule has 0 aliphatic carbocycles. The predicted molar refractivity (Wildman–Crippen MR) is 136 cm³/mol. The molecule has 0 aromatic heterocycles. The maximum atomic E-state index is 13.1. The topological polar surface area (TPSA) is 47.6 Å². The second-order valence-corrected chi connectivity index (χ2v) is 9.24. The van der Waals surface area contributed by atoms with Gasteiger partial charge in [0.25, 0.3) is 5.91 Å². The molecule has 0 unspecified atom stereocenters. The summed E-state index contributed by atoms with van der Waals surface area (Å²) in [6, 6.07) is 19.7. The van der Waals surface area contributed by atoms with E-state index in [-0.39, 0.29) is 11.3 Å². The van der Waals surface area contributed by atoms with Gasteiger partial charge in [0.1, 0.15) is 18.1 Å².